The van der Waals surface area contributed by atoms with Crippen LogP contribution in [0, 0.1) is 11.6 Å². The molecule has 1 atom stereocenters. The van der Waals surface area contributed by atoms with E-state index in [9.17, 15) is 22.3 Å². The molecule has 7 heteroatoms. The van der Waals surface area contributed by atoms with Gasteiger partial charge in [0.15, 0.2) is 0 Å². The lowest BCUT2D eigenvalue weighted by atomic mass is 10.1. The third-order valence-corrected chi connectivity index (χ3v) is 4.90. The smallest absolute Gasteiger partial charge is 0.218 e. The quantitative estimate of drug-likeness (QED) is 0.912. The molecule has 1 aliphatic rings. The van der Waals surface area contributed by atoms with Gasteiger partial charge in [0, 0.05) is 24.7 Å². The molecule has 4 nitrogen and oxygen atoms in total. The molecule has 1 fully saturated rings. The van der Waals surface area contributed by atoms with E-state index >= 15 is 0 Å². The minimum atomic E-state index is -3.69. The van der Waals surface area contributed by atoms with Gasteiger partial charge in [0.2, 0.25) is 10.0 Å². The number of benzene rings is 1. The Kier molecular flexibility index (Phi) is 4.17. The zero-order chi connectivity index (χ0) is 14.0. The minimum absolute atomic E-state index is 0.0329. The van der Waals surface area contributed by atoms with E-state index in [4.69, 9.17) is 0 Å². The molecule has 1 aromatic carbocycles. The lowest BCUT2D eigenvalue weighted by molar-refractivity contribution is 0.108. The molecule has 1 N–H and O–H groups in total. The van der Waals surface area contributed by atoms with Gasteiger partial charge < -0.3 is 5.11 Å². The summed E-state index contributed by atoms with van der Waals surface area (Å²) in [4.78, 5) is 0. The van der Waals surface area contributed by atoms with E-state index in [0.29, 0.717) is 25.5 Å². The van der Waals surface area contributed by atoms with Crippen LogP contribution in [0.5, 0.6) is 0 Å². The van der Waals surface area contributed by atoms with Crippen molar-refractivity contribution in [3.63, 3.8) is 0 Å². The SMILES string of the molecule is O=S(=O)(Cc1ccc(F)cc1F)N1CCCC(O)C1. The van der Waals surface area contributed by atoms with E-state index in [-0.39, 0.29) is 12.1 Å². The van der Waals surface area contributed by atoms with Crippen LogP contribution >= 0.6 is 0 Å². The maximum absolute atomic E-state index is 13.5. The van der Waals surface area contributed by atoms with Gasteiger partial charge >= 0.3 is 0 Å². The Morgan fingerprint density at radius 2 is 2.11 bits per heavy atom. The molecule has 0 aromatic heterocycles. The van der Waals surface area contributed by atoms with Crippen molar-refractivity contribution in [2.45, 2.75) is 24.7 Å². The number of nitrogens with zero attached hydrogens (tertiary/aromatic N) is 1. The number of rotatable bonds is 3. The summed E-state index contributed by atoms with van der Waals surface area (Å²) in [5.41, 5.74) is -0.0681. The Labute approximate surface area is 110 Å². The summed E-state index contributed by atoms with van der Waals surface area (Å²) >= 11 is 0. The second-order valence-electron chi connectivity index (χ2n) is 4.65. The number of hydrogen-bond acceptors (Lipinski definition) is 3. The predicted molar refractivity (Wildman–Crippen MR) is 65.8 cm³/mol. The van der Waals surface area contributed by atoms with Crippen LogP contribution < -0.4 is 0 Å². The van der Waals surface area contributed by atoms with Crippen LogP contribution in [0.2, 0.25) is 0 Å². The van der Waals surface area contributed by atoms with Gasteiger partial charge in [-0.15, -0.1) is 0 Å². The molecule has 1 unspecified atom stereocenters. The Morgan fingerprint density at radius 1 is 1.37 bits per heavy atom. The standard InChI is InChI=1S/C12H15F2NO3S/c13-10-4-3-9(12(14)6-10)8-19(17,18)15-5-1-2-11(16)7-15/h3-4,6,11,16H,1-2,5,7-8H2. The number of piperidine rings is 1. The Bertz CT molecular complexity index is 562. The zero-order valence-corrected chi connectivity index (χ0v) is 11.0. The lowest BCUT2D eigenvalue weighted by Gasteiger charge is -2.29. The molecule has 1 aromatic rings. The third kappa shape index (κ3) is 3.49. The van der Waals surface area contributed by atoms with Crippen LogP contribution in [0.3, 0.4) is 0 Å². The molecular weight excluding hydrogens is 276 g/mol. The fraction of sp³-hybridized carbons (Fsp3) is 0.500. The van der Waals surface area contributed by atoms with Gasteiger partial charge in [-0.3, -0.25) is 0 Å². The van der Waals surface area contributed by atoms with Gasteiger partial charge in [-0.1, -0.05) is 6.07 Å². The Morgan fingerprint density at radius 3 is 2.74 bits per heavy atom. The summed E-state index contributed by atoms with van der Waals surface area (Å²) in [7, 11) is -3.69. The van der Waals surface area contributed by atoms with Crippen LogP contribution in [0.1, 0.15) is 18.4 Å². The molecule has 2 rings (SSSR count). The summed E-state index contributed by atoms with van der Waals surface area (Å²) in [5, 5.41) is 9.47. The van der Waals surface area contributed by atoms with Crippen LogP contribution in [-0.2, 0) is 15.8 Å². The molecule has 1 aliphatic heterocycles. The summed E-state index contributed by atoms with van der Waals surface area (Å²) in [6, 6.07) is 2.82. The first-order valence-corrected chi connectivity index (χ1v) is 7.59. The van der Waals surface area contributed by atoms with Crippen molar-refractivity contribution in [1.29, 1.82) is 0 Å². The Balaban J connectivity index is 2.16. The highest BCUT2D eigenvalue weighted by Gasteiger charge is 2.28. The van der Waals surface area contributed by atoms with E-state index in [1.54, 1.807) is 0 Å². The largest absolute Gasteiger partial charge is 0.392 e. The van der Waals surface area contributed by atoms with Gasteiger partial charge in [-0.05, 0) is 18.9 Å². The molecule has 0 radical (unpaired) electrons. The summed E-state index contributed by atoms with van der Waals surface area (Å²) in [6.45, 7) is 0.355. The topological polar surface area (TPSA) is 57.6 Å². The van der Waals surface area contributed by atoms with E-state index in [2.05, 4.69) is 0 Å². The van der Waals surface area contributed by atoms with Crippen LogP contribution in [0.4, 0.5) is 8.78 Å². The van der Waals surface area contributed by atoms with Crippen molar-refractivity contribution in [2.24, 2.45) is 0 Å². The summed E-state index contributed by atoms with van der Waals surface area (Å²) in [5.74, 6) is -2.14. The minimum Gasteiger partial charge on any atom is -0.392 e. The van der Waals surface area contributed by atoms with E-state index in [1.165, 1.54) is 0 Å². The normalized spacial score (nSPS) is 21.5. The lowest BCUT2D eigenvalue weighted by Crippen LogP contribution is -2.42. The third-order valence-electron chi connectivity index (χ3n) is 3.11. The average molecular weight is 291 g/mol. The van der Waals surface area contributed by atoms with E-state index < -0.39 is 33.5 Å². The Hall–Kier alpha value is -1.05. The van der Waals surface area contributed by atoms with Crippen LogP contribution in [-0.4, -0.2) is 37.0 Å². The number of hydrogen-bond donors (Lipinski definition) is 1. The monoisotopic (exact) mass is 291 g/mol. The van der Waals surface area contributed by atoms with Gasteiger partial charge in [0.1, 0.15) is 11.6 Å². The highest BCUT2D eigenvalue weighted by Crippen LogP contribution is 2.19. The van der Waals surface area contributed by atoms with Crippen LogP contribution in [0.25, 0.3) is 0 Å². The molecule has 0 spiro atoms. The maximum Gasteiger partial charge on any atom is 0.218 e. The van der Waals surface area contributed by atoms with Crippen molar-refractivity contribution in [3.05, 3.63) is 35.4 Å². The number of halogens is 2. The first kappa shape index (κ1) is 14.4. The van der Waals surface area contributed by atoms with Crippen LogP contribution in [0.15, 0.2) is 18.2 Å². The van der Waals surface area contributed by atoms with Gasteiger partial charge in [0.25, 0.3) is 0 Å². The van der Waals surface area contributed by atoms with Crippen molar-refractivity contribution in [1.82, 2.24) is 4.31 Å². The van der Waals surface area contributed by atoms with Crippen molar-refractivity contribution in [3.8, 4) is 0 Å². The highest BCUT2D eigenvalue weighted by atomic mass is 32.2. The second kappa shape index (κ2) is 5.52. The molecule has 1 heterocycles. The molecule has 106 valence electrons. The molecular formula is C12H15F2NO3S. The fourth-order valence-electron chi connectivity index (χ4n) is 2.10. The van der Waals surface area contributed by atoms with Crippen molar-refractivity contribution >= 4 is 10.0 Å². The number of sulfonamides is 1. The average Bonchev–Trinajstić information content (AvgIpc) is 2.33. The molecule has 0 amide bonds. The number of aliphatic hydroxyl groups excluding tert-OH is 1. The zero-order valence-electron chi connectivity index (χ0n) is 10.2. The first-order chi connectivity index (χ1) is 8.88. The van der Waals surface area contributed by atoms with Crippen molar-refractivity contribution < 1.29 is 22.3 Å². The molecule has 19 heavy (non-hydrogen) atoms. The maximum atomic E-state index is 13.5. The molecule has 0 aliphatic carbocycles. The summed E-state index contributed by atoms with van der Waals surface area (Å²) < 4.78 is 51.5. The highest BCUT2D eigenvalue weighted by molar-refractivity contribution is 7.88. The predicted octanol–water partition coefficient (Wildman–Crippen LogP) is 1.25. The van der Waals surface area contributed by atoms with Gasteiger partial charge in [-0.2, -0.15) is 4.31 Å². The molecule has 1 saturated heterocycles. The second-order valence-corrected chi connectivity index (χ2v) is 6.61. The first-order valence-electron chi connectivity index (χ1n) is 5.98. The summed E-state index contributed by atoms with van der Waals surface area (Å²) in [6.07, 6.45) is 0.463. The molecule has 0 saturated carbocycles. The molecule has 0 bridgehead atoms. The number of β-amino-alcohol motifs (C(OH)–C–C–N with tert-alkyl or cyclic N) is 1. The number of aliphatic hydroxyl groups is 1. The van der Waals surface area contributed by atoms with E-state index in [1.807, 2.05) is 0 Å². The fourth-order valence-corrected chi connectivity index (χ4v) is 3.72. The van der Waals surface area contributed by atoms with Gasteiger partial charge in [-0.25, -0.2) is 17.2 Å². The van der Waals surface area contributed by atoms with Crippen molar-refractivity contribution in [2.75, 3.05) is 13.1 Å². The van der Waals surface area contributed by atoms with Gasteiger partial charge in [0.05, 0.1) is 11.9 Å². The van der Waals surface area contributed by atoms with E-state index in [0.717, 1.165) is 16.4 Å².